The van der Waals surface area contributed by atoms with Crippen LogP contribution < -0.4 is 5.32 Å². The maximum absolute atomic E-state index is 4.44. The summed E-state index contributed by atoms with van der Waals surface area (Å²) < 4.78 is 2.02. The van der Waals surface area contributed by atoms with Gasteiger partial charge in [0.2, 0.25) is 0 Å². The van der Waals surface area contributed by atoms with Crippen molar-refractivity contribution in [1.82, 2.24) is 14.5 Å². The van der Waals surface area contributed by atoms with Gasteiger partial charge in [-0.15, -0.1) is 0 Å². The third-order valence-electron chi connectivity index (χ3n) is 4.94. The molecular formula is C14H20N4. The van der Waals surface area contributed by atoms with Crippen LogP contribution in [0.5, 0.6) is 0 Å². The number of rotatable bonds is 2. The van der Waals surface area contributed by atoms with Crippen molar-refractivity contribution in [3.63, 3.8) is 0 Å². The Labute approximate surface area is 107 Å². The summed E-state index contributed by atoms with van der Waals surface area (Å²) in [4.78, 5) is 8.88. The van der Waals surface area contributed by atoms with E-state index in [4.69, 9.17) is 0 Å². The van der Waals surface area contributed by atoms with Crippen molar-refractivity contribution in [3.05, 3.63) is 18.6 Å². The van der Waals surface area contributed by atoms with Gasteiger partial charge in [0, 0.05) is 19.3 Å². The summed E-state index contributed by atoms with van der Waals surface area (Å²) >= 11 is 0. The molecule has 2 aromatic rings. The molecule has 1 aliphatic rings. The fourth-order valence-electron chi connectivity index (χ4n) is 2.86. The smallest absolute Gasteiger partial charge is 0.154 e. The van der Waals surface area contributed by atoms with Crippen molar-refractivity contribution in [2.24, 2.45) is 17.9 Å². The summed E-state index contributed by atoms with van der Waals surface area (Å²) in [5.74, 6) is 0.900. The topological polar surface area (TPSA) is 42.7 Å². The van der Waals surface area contributed by atoms with Gasteiger partial charge in [-0.1, -0.05) is 27.7 Å². The van der Waals surface area contributed by atoms with Gasteiger partial charge in [0.15, 0.2) is 5.82 Å². The van der Waals surface area contributed by atoms with Gasteiger partial charge in [-0.05, 0) is 16.9 Å². The van der Waals surface area contributed by atoms with Gasteiger partial charge in [-0.3, -0.25) is 0 Å². The van der Waals surface area contributed by atoms with Crippen LogP contribution in [0.3, 0.4) is 0 Å². The second kappa shape index (κ2) is 3.25. The van der Waals surface area contributed by atoms with E-state index in [1.165, 1.54) is 0 Å². The molecule has 18 heavy (non-hydrogen) atoms. The Morgan fingerprint density at radius 1 is 1.17 bits per heavy atom. The largest absolute Gasteiger partial charge is 0.364 e. The number of aromatic nitrogens is 3. The SMILES string of the molecule is Cn1cnc2c(NC3C(C)(C)C3(C)C)nccc21. The molecule has 2 heterocycles. The Bertz CT molecular complexity index is 595. The fourth-order valence-corrected chi connectivity index (χ4v) is 2.86. The van der Waals surface area contributed by atoms with Crippen LogP contribution in [0.4, 0.5) is 5.82 Å². The summed E-state index contributed by atoms with van der Waals surface area (Å²) in [7, 11) is 2.00. The van der Waals surface area contributed by atoms with Crippen LogP contribution in [0.15, 0.2) is 18.6 Å². The molecule has 1 aliphatic carbocycles. The molecule has 0 unspecified atom stereocenters. The van der Waals surface area contributed by atoms with Crippen molar-refractivity contribution in [3.8, 4) is 0 Å². The Balaban J connectivity index is 1.98. The van der Waals surface area contributed by atoms with Gasteiger partial charge in [0.1, 0.15) is 5.52 Å². The molecule has 0 radical (unpaired) electrons. The molecule has 3 rings (SSSR count). The lowest BCUT2D eigenvalue weighted by molar-refractivity contribution is 0.457. The number of fused-ring (bicyclic) bond motifs is 1. The van der Waals surface area contributed by atoms with Gasteiger partial charge in [0.25, 0.3) is 0 Å². The maximum atomic E-state index is 4.44. The molecule has 0 aromatic carbocycles. The third-order valence-corrected chi connectivity index (χ3v) is 4.94. The quantitative estimate of drug-likeness (QED) is 0.883. The van der Waals surface area contributed by atoms with Gasteiger partial charge in [0.05, 0.1) is 11.8 Å². The van der Waals surface area contributed by atoms with E-state index in [-0.39, 0.29) is 0 Å². The number of aryl methyl sites for hydroxylation is 1. The first-order chi connectivity index (χ1) is 8.35. The van der Waals surface area contributed by atoms with E-state index >= 15 is 0 Å². The standard InChI is InChI=1S/C14H20N4/c1-13(2)12(14(13,3)4)17-11-10-9(6-7-15-11)18(5)8-16-10/h6-8,12H,1-5H3,(H,15,17). The molecule has 1 fully saturated rings. The lowest BCUT2D eigenvalue weighted by Crippen LogP contribution is -2.11. The minimum Gasteiger partial charge on any atom is -0.364 e. The minimum atomic E-state index is 0.297. The zero-order valence-electron chi connectivity index (χ0n) is 11.7. The van der Waals surface area contributed by atoms with E-state index in [9.17, 15) is 0 Å². The highest BCUT2D eigenvalue weighted by atomic mass is 15.1. The maximum Gasteiger partial charge on any atom is 0.154 e. The molecule has 2 aromatic heterocycles. The van der Waals surface area contributed by atoms with E-state index in [1.807, 2.05) is 30.2 Å². The van der Waals surface area contributed by atoms with Gasteiger partial charge >= 0.3 is 0 Å². The predicted octanol–water partition coefficient (Wildman–Crippen LogP) is 2.81. The average molecular weight is 244 g/mol. The minimum absolute atomic E-state index is 0.297. The highest BCUT2D eigenvalue weighted by Gasteiger charge is 2.65. The Kier molecular flexibility index (Phi) is 2.08. The van der Waals surface area contributed by atoms with Crippen LogP contribution in [-0.4, -0.2) is 20.6 Å². The zero-order valence-corrected chi connectivity index (χ0v) is 11.7. The lowest BCUT2D eigenvalue weighted by atomic mass is 10.0. The highest BCUT2D eigenvalue weighted by molar-refractivity contribution is 5.86. The first kappa shape index (κ1) is 11.5. The Hall–Kier alpha value is -1.58. The molecule has 0 saturated heterocycles. The van der Waals surface area contributed by atoms with Crippen molar-refractivity contribution in [2.45, 2.75) is 33.7 Å². The van der Waals surface area contributed by atoms with Crippen LogP contribution in [0.1, 0.15) is 27.7 Å². The molecule has 1 saturated carbocycles. The molecule has 4 heteroatoms. The zero-order chi connectivity index (χ0) is 13.1. The van der Waals surface area contributed by atoms with Crippen LogP contribution in [0.25, 0.3) is 11.0 Å². The predicted molar refractivity (Wildman–Crippen MR) is 73.5 cm³/mol. The second-order valence-corrected chi connectivity index (χ2v) is 6.40. The molecule has 0 atom stereocenters. The summed E-state index contributed by atoms with van der Waals surface area (Å²) in [5.41, 5.74) is 2.67. The molecule has 96 valence electrons. The Morgan fingerprint density at radius 3 is 2.44 bits per heavy atom. The summed E-state index contributed by atoms with van der Waals surface area (Å²) in [6.45, 7) is 9.18. The van der Waals surface area contributed by atoms with E-state index < -0.39 is 0 Å². The first-order valence-corrected chi connectivity index (χ1v) is 6.38. The monoisotopic (exact) mass is 244 g/mol. The number of anilines is 1. The summed E-state index contributed by atoms with van der Waals surface area (Å²) in [6.07, 6.45) is 3.68. The van der Waals surface area contributed by atoms with E-state index in [0.717, 1.165) is 16.9 Å². The highest BCUT2D eigenvalue weighted by Crippen LogP contribution is 2.63. The van der Waals surface area contributed by atoms with E-state index in [2.05, 4.69) is 43.0 Å². The van der Waals surface area contributed by atoms with E-state index in [0.29, 0.717) is 16.9 Å². The van der Waals surface area contributed by atoms with Crippen molar-refractivity contribution < 1.29 is 0 Å². The van der Waals surface area contributed by atoms with Crippen molar-refractivity contribution in [1.29, 1.82) is 0 Å². The number of nitrogens with zero attached hydrogens (tertiary/aromatic N) is 3. The number of pyridine rings is 1. The molecule has 0 bridgehead atoms. The van der Waals surface area contributed by atoms with Gasteiger partial charge in [-0.2, -0.15) is 0 Å². The molecular weight excluding hydrogens is 224 g/mol. The number of nitrogens with one attached hydrogen (secondary N) is 1. The lowest BCUT2D eigenvalue weighted by Gasteiger charge is -2.07. The van der Waals surface area contributed by atoms with Crippen LogP contribution in [0.2, 0.25) is 0 Å². The summed E-state index contributed by atoms with van der Waals surface area (Å²) in [5, 5.41) is 3.57. The first-order valence-electron chi connectivity index (χ1n) is 6.38. The number of hydrogen-bond acceptors (Lipinski definition) is 3. The third kappa shape index (κ3) is 1.32. The second-order valence-electron chi connectivity index (χ2n) is 6.40. The average Bonchev–Trinajstić information content (AvgIpc) is 2.64. The molecule has 0 aliphatic heterocycles. The van der Waals surface area contributed by atoms with Gasteiger partial charge in [-0.25, -0.2) is 9.97 Å². The molecule has 4 nitrogen and oxygen atoms in total. The molecule has 0 amide bonds. The van der Waals surface area contributed by atoms with Gasteiger partial charge < -0.3 is 9.88 Å². The van der Waals surface area contributed by atoms with Crippen LogP contribution >= 0.6 is 0 Å². The fraction of sp³-hybridized carbons (Fsp3) is 0.571. The van der Waals surface area contributed by atoms with E-state index in [1.54, 1.807) is 0 Å². The number of imidazole rings is 1. The molecule has 1 N–H and O–H groups in total. The van der Waals surface area contributed by atoms with Crippen LogP contribution in [-0.2, 0) is 7.05 Å². The molecule has 0 spiro atoms. The normalized spacial score (nSPS) is 21.2. The Morgan fingerprint density at radius 2 is 1.83 bits per heavy atom. The van der Waals surface area contributed by atoms with Crippen LogP contribution in [0, 0.1) is 10.8 Å². The van der Waals surface area contributed by atoms with Crippen molar-refractivity contribution in [2.75, 3.05) is 5.32 Å². The number of hydrogen-bond donors (Lipinski definition) is 1. The summed E-state index contributed by atoms with van der Waals surface area (Å²) in [6, 6.07) is 2.45. The van der Waals surface area contributed by atoms with Crippen molar-refractivity contribution >= 4 is 16.9 Å².